The first kappa shape index (κ1) is 23.9. The van der Waals surface area contributed by atoms with Gasteiger partial charge in [0.2, 0.25) is 0 Å². The van der Waals surface area contributed by atoms with Crippen molar-refractivity contribution >= 4 is 45.1 Å². The van der Waals surface area contributed by atoms with Gasteiger partial charge in [0, 0.05) is 48.2 Å². The van der Waals surface area contributed by atoms with Crippen LogP contribution in [0.2, 0.25) is 5.02 Å². The van der Waals surface area contributed by atoms with Crippen LogP contribution >= 0.6 is 11.6 Å². The maximum atomic E-state index is 13.9. The molecular weight excluding hydrogens is 498 g/mol. The van der Waals surface area contributed by atoms with E-state index in [9.17, 15) is 4.79 Å². The van der Waals surface area contributed by atoms with Crippen molar-refractivity contribution in [3.63, 3.8) is 0 Å². The second-order valence-corrected chi connectivity index (χ2v) is 9.93. The van der Waals surface area contributed by atoms with Crippen LogP contribution in [0.25, 0.3) is 21.8 Å². The Hall–Kier alpha value is -4.48. The molecule has 1 fully saturated rings. The van der Waals surface area contributed by atoms with E-state index in [1.54, 1.807) is 35.5 Å². The van der Waals surface area contributed by atoms with Gasteiger partial charge in [0.15, 0.2) is 0 Å². The van der Waals surface area contributed by atoms with Crippen molar-refractivity contribution in [2.24, 2.45) is 7.05 Å². The van der Waals surface area contributed by atoms with Crippen molar-refractivity contribution in [2.45, 2.75) is 32.4 Å². The van der Waals surface area contributed by atoms with Crippen LogP contribution in [-0.2, 0) is 13.6 Å². The lowest BCUT2D eigenvalue weighted by molar-refractivity contribution is 0.0728. The first-order valence-electron chi connectivity index (χ1n) is 12.3. The van der Waals surface area contributed by atoms with Crippen molar-refractivity contribution in [3.8, 4) is 11.8 Å². The SMILES string of the molecule is Cc1cc(CN(C(=O)c2cc3c(cc2Cl)nc(N)c2cnn(C)c23)C2CC2)ncc1C#Cc1cccnc1. The summed E-state index contributed by atoms with van der Waals surface area (Å²) < 4.78 is 1.74. The molecule has 2 N–H and O–H groups in total. The van der Waals surface area contributed by atoms with Crippen molar-refractivity contribution < 1.29 is 4.79 Å². The highest BCUT2D eigenvalue weighted by molar-refractivity contribution is 6.35. The van der Waals surface area contributed by atoms with E-state index in [1.807, 2.05) is 43.1 Å². The van der Waals surface area contributed by atoms with E-state index in [-0.39, 0.29) is 11.9 Å². The fourth-order valence-electron chi connectivity index (χ4n) is 4.63. The minimum Gasteiger partial charge on any atom is -0.383 e. The van der Waals surface area contributed by atoms with Crippen LogP contribution in [0.15, 0.2) is 55.1 Å². The summed E-state index contributed by atoms with van der Waals surface area (Å²) >= 11 is 6.63. The molecule has 1 aliphatic carbocycles. The lowest BCUT2D eigenvalue weighted by atomic mass is 10.1. The Morgan fingerprint density at radius 1 is 1.18 bits per heavy atom. The van der Waals surface area contributed by atoms with E-state index in [4.69, 9.17) is 17.3 Å². The number of carbonyl (C=O) groups is 1. The van der Waals surface area contributed by atoms with Gasteiger partial charge in [-0.1, -0.05) is 23.4 Å². The number of amides is 1. The van der Waals surface area contributed by atoms with Crippen molar-refractivity contribution in [1.29, 1.82) is 0 Å². The highest BCUT2D eigenvalue weighted by Crippen LogP contribution is 2.35. The van der Waals surface area contributed by atoms with E-state index in [2.05, 4.69) is 31.9 Å². The second kappa shape index (κ2) is 9.43. The molecule has 0 spiro atoms. The summed E-state index contributed by atoms with van der Waals surface area (Å²) in [6.07, 6.45) is 8.80. The largest absolute Gasteiger partial charge is 0.383 e. The number of rotatable bonds is 4. The van der Waals surface area contributed by atoms with Gasteiger partial charge >= 0.3 is 0 Å². The van der Waals surface area contributed by atoms with Crippen molar-refractivity contribution in [2.75, 3.05) is 5.73 Å². The molecule has 0 aliphatic heterocycles. The maximum Gasteiger partial charge on any atom is 0.255 e. The Kier molecular flexibility index (Phi) is 5.93. The molecule has 188 valence electrons. The Labute approximate surface area is 224 Å². The molecule has 0 saturated heterocycles. The van der Waals surface area contributed by atoms with Gasteiger partial charge in [-0.2, -0.15) is 5.10 Å². The molecule has 0 atom stereocenters. The first-order chi connectivity index (χ1) is 18.4. The van der Waals surface area contributed by atoms with Crippen LogP contribution in [0.4, 0.5) is 5.82 Å². The molecule has 8 nitrogen and oxygen atoms in total. The molecule has 0 radical (unpaired) electrons. The molecule has 6 rings (SSSR count). The number of nitrogens with two attached hydrogens (primary N) is 1. The topological polar surface area (TPSA) is 103 Å². The predicted molar refractivity (Wildman–Crippen MR) is 148 cm³/mol. The highest BCUT2D eigenvalue weighted by Gasteiger charge is 2.34. The Morgan fingerprint density at radius 3 is 2.76 bits per heavy atom. The predicted octanol–water partition coefficient (Wildman–Crippen LogP) is 4.66. The van der Waals surface area contributed by atoms with Gasteiger partial charge in [-0.25, -0.2) is 4.98 Å². The lowest BCUT2D eigenvalue weighted by Crippen LogP contribution is -2.33. The number of aryl methyl sites for hydroxylation is 2. The minimum atomic E-state index is -0.133. The monoisotopic (exact) mass is 521 g/mol. The van der Waals surface area contributed by atoms with Crippen LogP contribution in [0.1, 0.15) is 45.6 Å². The lowest BCUT2D eigenvalue weighted by Gasteiger charge is -2.23. The first-order valence-corrected chi connectivity index (χ1v) is 12.7. The summed E-state index contributed by atoms with van der Waals surface area (Å²) in [6, 6.07) is 9.43. The number of nitrogen functional groups attached to an aromatic ring is 1. The Morgan fingerprint density at radius 2 is 2.03 bits per heavy atom. The molecule has 0 bridgehead atoms. The van der Waals surface area contributed by atoms with Gasteiger partial charge in [0.25, 0.3) is 5.91 Å². The fraction of sp³-hybridized carbons (Fsp3) is 0.207. The number of benzene rings is 1. The van der Waals surface area contributed by atoms with Gasteiger partial charge in [0.1, 0.15) is 5.82 Å². The van der Waals surface area contributed by atoms with E-state index < -0.39 is 0 Å². The molecule has 9 heteroatoms. The normalized spacial score (nSPS) is 12.9. The molecule has 0 unspecified atom stereocenters. The molecule has 1 amide bonds. The number of pyridine rings is 3. The number of hydrogen-bond acceptors (Lipinski definition) is 6. The summed E-state index contributed by atoms with van der Waals surface area (Å²) in [4.78, 5) is 28.9. The maximum absolute atomic E-state index is 13.9. The summed E-state index contributed by atoms with van der Waals surface area (Å²) in [5.41, 5.74) is 11.5. The van der Waals surface area contributed by atoms with Crippen molar-refractivity contribution in [1.82, 2.24) is 29.6 Å². The smallest absolute Gasteiger partial charge is 0.255 e. The van der Waals surface area contributed by atoms with Crippen LogP contribution in [0.3, 0.4) is 0 Å². The summed E-state index contributed by atoms with van der Waals surface area (Å²) in [5, 5.41) is 6.19. The number of halogens is 1. The van der Waals surface area contributed by atoms with Gasteiger partial charge < -0.3 is 10.6 Å². The molecule has 1 aliphatic rings. The average molecular weight is 522 g/mol. The Bertz CT molecular complexity index is 1780. The molecule has 1 aromatic carbocycles. The van der Waals surface area contributed by atoms with E-state index >= 15 is 0 Å². The second-order valence-electron chi connectivity index (χ2n) is 9.52. The van der Waals surface area contributed by atoms with Crippen LogP contribution in [0, 0.1) is 18.8 Å². The third-order valence-corrected chi connectivity index (χ3v) is 7.09. The molecular formula is C29H24ClN7O. The molecule has 1 saturated carbocycles. The van der Waals surface area contributed by atoms with E-state index in [1.165, 1.54) is 0 Å². The number of fused-ring (bicyclic) bond motifs is 3. The summed E-state index contributed by atoms with van der Waals surface area (Å²) in [6.45, 7) is 2.38. The number of carbonyl (C=O) groups excluding carboxylic acids is 1. The summed E-state index contributed by atoms with van der Waals surface area (Å²) in [5.74, 6) is 6.53. The van der Waals surface area contributed by atoms with Gasteiger partial charge in [-0.15, -0.1) is 0 Å². The zero-order valence-electron chi connectivity index (χ0n) is 20.9. The van der Waals surface area contributed by atoms with E-state index in [0.29, 0.717) is 28.5 Å². The summed E-state index contributed by atoms with van der Waals surface area (Å²) in [7, 11) is 1.84. The van der Waals surface area contributed by atoms with E-state index in [0.717, 1.165) is 51.5 Å². The number of nitrogens with zero attached hydrogens (tertiary/aromatic N) is 6. The molecule has 5 aromatic rings. The zero-order chi connectivity index (χ0) is 26.4. The molecule has 4 heterocycles. The molecule has 4 aromatic heterocycles. The number of hydrogen-bond donors (Lipinski definition) is 1. The van der Waals surface area contributed by atoms with Crippen molar-refractivity contribution in [3.05, 3.63) is 88.1 Å². The number of aromatic nitrogens is 5. The standard InChI is InChI=1S/C29H24ClN7O/c1-17-10-20(33-14-19(17)6-5-18-4-3-9-32-13-18)16-37(21-7-8-21)29(38)22-11-23-26(12-25(22)30)35-28(31)24-15-34-36(2)27(23)24/h3-4,9-15,21H,7-8,16H2,1-2H3,(H2,31,35). The van der Waals surface area contributed by atoms with Crippen LogP contribution in [0.5, 0.6) is 0 Å². The highest BCUT2D eigenvalue weighted by atomic mass is 35.5. The molecule has 38 heavy (non-hydrogen) atoms. The van der Waals surface area contributed by atoms with Gasteiger partial charge in [-0.3, -0.25) is 19.4 Å². The third-order valence-electron chi connectivity index (χ3n) is 6.78. The van der Waals surface area contributed by atoms with Gasteiger partial charge in [0.05, 0.1) is 45.4 Å². The Balaban J connectivity index is 1.32. The van der Waals surface area contributed by atoms with Gasteiger partial charge in [-0.05, 0) is 55.7 Å². The fourth-order valence-corrected chi connectivity index (χ4v) is 4.87. The zero-order valence-corrected chi connectivity index (χ0v) is 21.7. The van der Waals surface area contributed by atoms with Crippen LogP contribution in [-0.4, -0.2) is 41.6 Å². The quantitative estimate of drug-likeness (QED) is 0.345. The average Bonchev–Trinajstić information content (AvgIpc) is 3.68. The van der Waals surface area contributed by atoms with Crippen LogP contribution < -0.4 is 5.73 Å². The minimum absolute atomic E-state index is 0.133. The third kappa shape index (κ3) is 4.42. The number of anilines is 1.